The maximum Gasteiger partial charge on any atom is 0.258 e. The van der Waals surface area contributed by atoms with Gasteiger partial charge in [-0.05, 0) is 30.3 Å². The van der Waals surface area contributed by atoms with Crippen LogP contribution in [0.4, 0.5) is 10.1 Å². The summed E-state index contributed by atoms with van der Waals surface area (Å²) in [5.41, 5.74) is 2.04. The first-order chi connectivity index (χ1) is 11.2. The summed E-state index contributed by atoms with van der Waals surface area (Å²) in [7, 11) is 0. The normalized spacial score (nSPS) is 11.0. The summed E-state index contributed by atoms with van der Waals surface area (Å²) < 4.78 is 19.4. The van der Waals surface area contributed by atoms with Crippen LogP contribution in [0.3, 0.4) is 0 Å². The lowest BCUT2D eigenvalue weighted by atomic mass is 10.1. The average molecular weight is 305 g/mol. The minimum Gasteiger partial charge on any atom is -0.456 e. The number of carbonyl (C=O) groups is 1. The van der Waals surface area contributed by atoms with Crippen LogP contribution in [0.25, 0.3) is 21.9 Å². The van der Waals surface area contributed by atoms with Crippen molar-refractivity contribution in [3.05, 3.63) is 78.1 Å². The van der Waals surface area contributed by atoms with Gasteiger partial charge in [0.05, 0.1) is 5.56 Å². The SMILES string of the molecule is O=C(Nc1ccc2c(c1)oc1ccccc12)c1ccccc1F. The van der Waals surface area contributed by atoms with Crippen molar-refractivity contribution in [1.29, 1.82) is 0 Å². The number of benzene rings is 3. The number of halogens is 1. The molecule has 0 saturated carbocycles. The van der Waals surface area contributed by atoms with Gasteiger partial charge in [0.15, 0.2) is 0 Å². The summed E-state index contributed by atoms with van der Waals surface area (Å²) in [6.07, 6.45) is 0. The minimum atomic E-state index is -0.546. The highest BCUT2D eigenvalue weighted by Gasteiger charge is 2.12. The Kier molecular flexibility index (Phi) is 3.08. The van der Waals surface area contributed by atoms with E-state index in [4.69, 9.17) is 4.42 Å². The van der Waals surface area contributed by atoms with Gasteiger partial charge in [0.2, 0.25) is 0 Å². The van der Waals surface area contributed by atoms with Crippen molar-refractivity contribution < 1.29 is 13.6 Å². The molecule has 1 N–H and O–H groups in total. The second-order valence-corrected chi connectivity index (χ2v) is 5.24. The van der Waals surface area contributed by atoms with Crippen LogP contribution in [-0.2, 0) is 0 Å². The number of anilines is 1. The molecule has 0 saturated heterocycles. The number of rotatable bonds is 2. The standard InChI is InChI=1S/C19H12FNO2/c20-16-7-3-1-6-15(16)19(22)21-12-9-10-14-13-5-2-4-8-17(13)23-18(14)11-12/h1-11H,(H,21,22). The molecule has 0 aliphatic heterocycles. The Morgan fingerprint density at radius 2 is 1.61 bits per heavy atom. The van der Waals surface area contributed by atoms with E-state index in [1.165, 1.54) is 12.1 Å². The summed E-state index contributed by atoms with van der Waals surface area (Å²) in [5.74, 6) is -1.03. The van der Waals surface area contributed by atoms with Crippen LogP contribution in [-0.4, -0.2) is 5.91 Å². The monoisotopic (exact) mass is 305 g/mol. The van der Waals surface area contributed by atoms with Crippen LogP contribution in [0, 0.1) is 5.82 Å². The first-order valence-electron chi connectivity index (χ1n) is 7.19. The van der Waals surface area contributed by atoms with Gasteiger partial charge in [-0.25, -0.2) is 4.39 Å². The van der Waals surface area contributed by atoms with Crippen LogP contribution >= 0.6 is 0 Å². The molecule has 0 unspecified atom stereocenters. The molecule has 4 aromatic rings. The number of hydrogen-bond acceptors (Lipinski definition) is 2. The summed E-state index contributed by atoms with van der Waals surface area (Å²) in [6, 6.07) is 19.0. The second kappa shape index (κ2) is 5.25. The van der Waals surface area contributed by atoms with Crippen LogP contribution in [0.2, 0.25) is 0 Å². The maximum atomic E-state index is 13.7. The molecule has 0 atom stereocenters. The van der Waals surface area contributed by atoms with Gasteiger partial charge in [-0.15, -0.1) is 0 Å². The van der Waals surface area contributed by atoms with E-state index in [1.54, 1.807) is 24.3 Å². The van der Waals surface area contributed by atoms with Crippen LogP contribution in [0.15, 0.2) is 71.1 Å². The van der Waals surface area contributed by atoms with Gasteiger partial charge in [0, 0.05) is 22.5 Å². The van der Waals surface area contributed by atoms with E-state index < -0.39 is 11.7 Å². The molecule has 0 bridgehead atoms. The van der Waals surface area contributed by atoms with Gasteiger partial charge in [0.25, 0.3) is 5.91 Å². The lowest BCUT2D eigenvalue weighted by Crippen LogP contribution is -2.13. The summed E-state index contributed by atoms with van der Waals surface area (Å²) in [4.78, 5) is 12.2. The largest absolute Gasteiger partial charge is 0.456 e. The molecule has 0 spiro atoms. The van der Waals surface area contributed by atoms with Gasteiger partial charge >= 0.3 is 0 Å². The van der Waals surface area contributed by atoms with Gasteiger partial charge in [-0.1, -0.05) is 30.3 Å². The molecule has 4 rings (SSSR count). The molecule has 1 amide bonds. The highest BCUT2D eigenvalue weighted by molar-refractivity contribution is 6.08. The molecule has 0 aliphatic carbocycles. The molecule has 0 aliphatic rings. The van der Waals surface area contributed by atoms with Crippen molar-refractivity contribution in [2.45, 2.75) is 0 Å². The van der Waals surface area contributed by atoms with Gasteiger partial charge < -0.3 is 9.73 Å². The van der Waals surface area contributed by atoms with E-state index in [0.717, 1.165) is 16.4 Å². The van der Waals surface area contributed by atoms with Crippen molar-refractivity contribution in [2.75, 3.05) is 5.32 Å². The number of fused-ring (bicyclic) bond motifs is 3. The number of para-hydroxylation sites is 1. The van der Waals surface area contributed by atoms with Crippen LogP contribution in [0.1, 0.15) is 10.4 Å². The highest BCUT2D eigenvalue weighted by Crippen LogP contribution is 2.30. The smallest absolute Gasteiger partial charge is 0.258 e. The molecule has 1 aromatic heterocycles. The predicted molar refractivity (Wildman–Crippen MR) is 88.1 cm³/mol. The zero-order chi connectivity index (χ0) is 15.8. The lowest BCUT2D eigenvalue weighted by molar-refractivity contribution is 0.102. The van der Waals surface area contributed by atoms with E-state index in [-0.39, 0.29) is 5.56 Å². The van der Waals surface area contributed by atoms with Crippen molar-refractivity contribution in [3.63, 3.8) is 0 Å². The zero-order valence-electron chi connectivity index (χ0n) is 12.0. The Hall–Kier alpha value is -3.14. The fourth-order valence-corrected chi connectivity index (χ4v) is 2.65. The Morgan fingerprint density at radius 3 is 2.48 bits per heavy atom. The fraction of sp³-hybridized carbons (Fsp3) is 0. The van der Waals surface area contributed by atoms with Gasteiger partial charge in [0.1, 0.15) is 17.0 Å². The molecular formula is C19H12FNO2. The number of amides is 1. The third-order valence-electron chi connectivity index (χ3n) is 3.76. The Labute approximate surface area is 131 Å². The molecule has 3 nitrogen and oxygen atoms in total. The van der Waals surface area contributed by atoms with E-state index in [9.17, 15) is 9.18 Å². The quantitative estimate of drug-likeness (QED) is 0.567. The predicted octanol–water partition coefficient (Wildman–Crippen LogP) is 4.98. The molecule has 0 fully saturated rings. The second-order valence-electron chi connectivity index (χ2n) is 5.24. The zero-order valence-corrected chi connectivity index (χ0v) is 12.0. The van der Waals surface area contributed by atoms with Crippen molar-refractivity contribution in [1.82, 2.24) is 0 Å². The van der Waals surface area contributed by atoms with Crippen LogP contribution in [0.5, 0.6) is 0 Å². The number of carbonyl (C=O) groups excluding carboxylic acids is 1. The number of hydrogen-bond donors (Lipinski definition) is 1. The van der Waals surface area contributed by atoms with Crippen molar-refractivity contribution in [2.24, 2.45) is 0 Å². The third kappa shape index (κ3) is 2.34. The average Bonchev–Trinajstić information content (AvgIpc) is 2.92. The molecule has 4 heteroatoms. The van der Waals surface area contributed by atoms with Crippen molar-refractivity contribution >= 4 is 33.5 Å². The Morgan fingerprint density at radius 1 is 0.870 bits per heavy atom. The van der Waals surface area contributed by atoms with E-state index in [2.05, 4.69) is 5.32 Å². The van der Waals surface area contributed by atoms with Crippen molar-refractivity contribution in [3.8, 4) is 0 Å². The first-order valence-corrected chi connectivity index (χ1v) is 7.19. The molecular weight excluding hydrogens is 293 g/mol. The molecule has 1 heterocycles. The maximum absolute atomic E-state index is 13.7. The summed E-state index contributed by atoms with van der Waals surface area (Å²) in [5, 5.41) is 4.70. The lowest BCUT2D eigenvalue weighted by Gasteiger charge is -2.05. The van der Waals surface area contributed by atoms with E-state index >= 15 is 0 Å². The highest BCUT2D eigenvalue weighted by atomic mass is 19.1. The van der Waals surface area contributed by atoms with Crippen LogP contribution < -0.4 is 5.32 Å². The van der Waals surface area contributed by atoms with E-state index in [0.29, 0.717) is 11.3 Å². The molecule has 23 heavy (non-hydrogen) atoms. The molecule has 0 radical (unpaired) electrons. The molecule has 112 valence electrons. The fourth-order valence-electron chi connectivity index (χ4n) is 2.65. The Bertz CT molecular complexity index is 1040. The minimum absolute atomic E-state index is 0.0113. The first kappa shape index (κ1) is 13.5. The van der Waals surface area contributed by atoms with Gasteiger partial charge in [-0.2, -0.15) is 0 Å². The number of furan rings is 1. The summed E-state index contributed by atoms with van der Waals surface area (Å²) >= 11 is 0. The van der Waals surface area contributed by atoms with Gasteiger partial charge in [-0.3, -0.25) is 4.79 Å². The summed E-state index contributed by atoms with van der Waals surface area (Å²) in [6.45, 7) is 0. The third-order valence-corrected chi connectivity index (χ3v) is 3.76. The molecule has 3 aromatic carbocycles. The van der Waals surface area contributed by atoms with E-state index in [1.807, 2.05) is 30.3 Å². The number of nitrogens with one attached hydrogen (secondary N) is 1. The Balaban J connectivity index is 1.71. The topological polar surface area (TPSA) is 42.2 Å².